The summed E-state index contributed by atoms with van der Waals surface area (Å²) in [4.78, 5) is 32.3. The summed E-state index contributed by atoms with van der Waals surface area (Å²) in [6.45, 7) is 1.92. The topological polar surface area (TPSA) is 130 Å². The normalized spacial score (nSPS) is 11.7. The fourth-order valence-electron chi connectivity index (χ4n) is 2.25. The highest BCUT2D eigenvalue weighted by molar-refractivity contribution is 5.85. The van der Waals surface area contributed by atoms with Crippen LogP contribution in [0.1, 0.15) is 29.3 Å². The Labute approximate surface area is 167 Å². The van der Waals surface area contributed by atoms with Crippen molar-refractivity contribution in [1.29, 1.82) is 0 Å². The lowest BCUT2D eigenvalue weighted by Gasteiger charge is -2.15. The molecule has 2 heterocycles. The smallest absolute Gasteiger partial charge is 0.477 e. The lowest BCUT2D eigenvalue weighted by atomic mass is 10.2. The highest BCUT2D eigenvalue weighted by Gasteiger charge is 2.38. The predicted octanol–water partition coefficient (Wildman–Crippen LogP) is 3.17. The molecule has 9 nitrogen and oxygen atoms in total. The van der Waals surface area contributed by atoms with Crippen LogP contribution in [-0.4, -0.2) is 47.8 Å². The molecular formula is C18H16F3N5O4. The summed E-state index contributed by atoms with van der Waals surface area (Å²) in [5.41, 5.74) is 0.940. The van der Waals surface area contributed by atoms with Crippen LogP contribution >= 0.6 is 0 Å². The highest BCUT2D eigenvalue weighted by Crippen LogP contribution is 2.19. The van der Waals surface area contributed by atoms with Crippen molar-refractivity contribution in [2.24, 2.45) is 0 Å². The predicted molar refractivity (Wildman–Crippen MR) is 98.3 cm³/mol. The van der Waals surface area contributed by atoms with Gasteiger partial charge in [0.2, 0.25) is 5.95 Å². The Bertz CT molecular complexity index is 1010. The zero-order valence-corrected chi connectivity index (χ0v) is 15.4. The molecule has 158 valence electrons. The van der Waals surface area contributed by atoms with E-state index in [1.807, 2.05) is 48.0 Å². The average molecular weight is 423 g/mol. The summed E-state index contributed by atoms with van der Waals surface area (Å²) in [5.74, 6) is -2.82. The monoisotopic (exact) mass is 423 g/mol. The van der Waals surface area contributed by atoms with Crippen molar-refractivity contribution in [3.63, 3.8) is 0 Å². The van der Waals surface area contributed by atoms with E-state index in [1.165, 1.54) is 12.3 Å². The first-order valence-corrected chi connectivity index (χ1v) is 8.31. The quantitative estimate of drug-likeness (QED) is 0.571. The third-order valence-corrected chi connectivity index (χ3v) is 3.55. The number of hydrogen-bond donors (Lipinski definition) is 3. The van der Waals surface area contributed by atoms with E-state index in [2.05, 4.69) is 20.3 Å². The second kappa shape index (κ2) is 9.49. The maximum atomic E-state index is 11.0. The van der Waals surface area contributed by atoms with Crippen LogP contribution in [0.25, 0.3) is 5.69 Å². The molecule has 0 amide bonds. The highest BCUT2D eigenvalue weighted by atomic mass is 19.4. The van der Waals surface area contributed by atoms with Gasteiger partial charge in [-0.15, -0.1) is 0 Å². The van der Waals surface area contributed by atoms with Crippen molar-refractivity contribution in [1.82, 2.24) is 19.5 Å². The molecule has 1 aromatic carbocycles. The number of carboxylic acids is 2. The van der Waals surface area contributed by atoms with Crippen LogP contribution in [0, 0.1) is 0 Å². The SMILES string of the molecule is CC(Nc1nccc(C(=O)O)n1)c1nccn1-c1ccccc1.O=C(O)C(F)(F)F. The minimum absolute atomic E-state index is 0.0545. The average Bonchev–Trinajstić information content (AvgIpc) is 3.18. The van der Waals surface area contributed by atoms with Gasteiger partial charge in [-0.1, -0.05) is 18.2 Å². The molecule has 12 heteroatoms. The number of carboxylic acid groups (broad SMARTS) is 2. The molecular weight excluding hydrogens is 407 g/mol. The molecule has 1 unspecified atom stereocenters. The first-order valence-electron chi connectivity index (χ1n) is 8.31. The molecule has 2 aromatic heterocycles. The second-order valence-corrected chi connectivity index (χ2v) is 5.73. The van der Waals surface area contributed by atoms with Gasteiger partial charge in [-0.05, 0) is 25.1 Å². The number of rotatable bonds is 5. The number of halogens is 3. The van der Waals surface area contributed by atoms with Gasteiger partial charge in [0.1, 0.15) is 5.82 Å². The molecule has 0 aliphatic heterocycles. The molecule has 0 fully saturated rings. The van der Waals surface area contributed by atoms with E-state index in [9.17, 15) is 18.0 Å². The zero-order chi connectivity index (χ0) is 22.3. The number of benzene rings is 1. The summed E-state index contributed by atoms with van der Waals surface area (Å²) in [5, 5.41) is 19.2. The van der Waals surface area contributed by atoms with Gasteiger partial charge >= 0.3 is 18.1 Å². The standard InChI is InChI=1S/C16H15N5O2.C2HF3O2/c1-11(19-16-18-8-7-13(20-16)15(22)23)14-17-9-10-21(14)12-5-3-2-4-6-12;3-2(4,5)1(6)7/h2-11H,1H3,(H,22,23)(H,18,19,20);(H,6,7). The number of aromatic carboxylic acids is 1. The van der Waals surface area contributed by atoms with Crippen molar-refractivity contribution in [3.05, 3.63) is 66.5 Å². The first-order chi connectivity index (χ1) is 14.1. The van der Waals surface area contributed by atoms with E-state index in [1.54, 1.807) is 6.20 Å². The molecule has 0 saturated heterocycles. The van der Waals surface area contributed by atoms with Crippen molar-refractivity contribution in [2.45, 2.75) is 19.1 Å². The number of anilines is 1. The van der Waals surface area contributed by atoms with Crippen molar-refractivity contribution in [2.75, 3.05) is 5.32 Å². The number of hydrogen-bond acceptors (Lipinski definition) is 6. The maximum absolute atomic E-state index is 11.0. The molecule has 0 aliphatic rings. The van der Waals surface area contributed by atoms with Crippen LogP contribution in [0.5, 0.6) is 0 Å². The minimum Gasteiger partial charge on any atom is -0.477 e. The first kappa shape index (κ1) is 22.3. The molecule has 3 rings (SSSR count). The van der Waals surface area contributed by atoms with E-state index in [4.69, 9.17) is 15.0 Å². The van der Waals surface area contributed by atoms with Gasteiger partial charge in [-0.3, -0.25) is 0 Å². The summed E-state index contributed by atoms with van der Waals surface area (Å²) < 4.78 is 33.7. The number of aromatic nitrogens is 4. The number of para-hydroxylation sites is 1. The molecule has 30 heavy (non-hydrogen) atoms. The summed E-state index contributed by atoms with van der Waals surface area (Å²) >= 11 is 0. The number of nitrogens with one attached hydrogen (secondary N) is 1. The number of aliphatic carboxylic acids is 1. The zero-order valence-electron chi connectivity index (χ0n) is 15.4. The van der Waals surface area contributed by atoms with Gasteiger partial charge in [0.25, 0.3) is 0 Å². The Balaban J connectivity index is 0.000000396. The Morgan fingerprint density at radius 3 is 2.27 bits per heavy atom. The van der Waals surface area contributed by atoms with Gasteiger partial charge < -0.3 is 20.1 Å². The lowest BCUT2D eigenvalue weighted by Crippen LogP contribution is -2.21. The lowest BCUT2D eigenvalue weighted by molar-refractivity contribution is -0.192. The fourth-order valence-corrected chi connectivity index (χ4v) is 2.25. The number of carbonyl (C=O) groups is 2. The van der Waals surface area contributed by atoms with Crippen LogP contribution in [0.15, 0.2) is 55.0 Å². The van der Waals surface area contributed by atoms with E-state index >= 15 is 0 Å². The Morgan fingerprint density at radius 2 is 1.70 bits per heavy atom. The maximum Gasteiger partial charge on any atom is 0.490 e. The van der Waals surface area contributed by atoms with Crippen LogP contribution in [0.4, 0.5) is 19.1 Å². The summed E-state index contributed by atoms with van der Waals surface area (Å²) in [6.07, 6.45) is -0.0818. The van der Waals surface area contributed by atoms with Gasteiger partial charge in [0.05, 0.1) is 6.04 Å². The number of nitrogens with zero attached hydrogens (tertiary/aromatic N) is 4. The molecule has 0 bridgehead atoms. The van der Waals surface area contributed by atoms with Crippen LogP contribution in [0.3, 0.4) is 0 Å². The van der Waals surface area contributed by atoms with Crippen LogP contribution in [0.2, 0.25) is 0 Å². The van der Waals surface area contributed by atoms with Crippen LogP contribution in [-0.2, 0) is 4.79 Å². The van der Waals surface area contributed by atoms with Crippen molar-refractivity contribution in [3.8, 4) is 5.69 Å². The second-order valence-electron chi connectivity index (χ2n) is 5.73. The molecule has 3 N–H and O–H groups in total. The Morgan fingerprint density at radius 1 is 1.07 bits per heavy atom. The molecule has 0 aliphatic carbocycles. The number of alkyl halides is 3. The van der Waals surface area contributed by atoms with E-state index in [-0.39, 0.29) is 17.7 Å². The minimum atomic E-state index is -5.08. The van der Waals surface area contributed by atoms with E-state index in [0.29, 0.717) is 0 Å². The van der Waals surface area contributed by atoms with Crippen molar-refractivity contribution >= 4 is 17.9 Å². The molecule has 3 aromatic rings. The van der Waals surface area contributed by atoms with E-state index < -0.39 is 18.1 Å². The summed E-state index contributed by atoms with van der Waals surface area (Å²) in [7, 11) is 0. The van der Waals surface area contributed by atoms with Gasteiger partial charge in [-0.25, -0.2) is 24.5 Å². The molecule has 1 atom stereocenters. The summed E-state index contributed by atoms with van der Waals surface area (Å²) in [6, 6.07) is 11.0. The Kier molecular flexibility index (Phi) is 7.07. The van der Waals surface area contributed by atoms with Crippen molar-refractivity contribution < 1.29 is 33.0 Å². The molecule has 0 saturated carbocycles. The number of imidazole rings is 1. The molecule has 0 spiro atoms. The molecule has 0 radical (unpaired) electrons. The third-order valence-electron chi connectivity index (χ3n) is 3.55. The van der Waals surface area contributed by atoms with Gasteiger partial charge in [-0.2, -0.15) is 13.2 Å². The fraction of sp³-hybridized carbons (Fsp3) is 0.167. The third kappa shape index (κ3) is 6.02. The van der Waals surface area contributed by atoms with E-state index in [0.717, 1.165) is 11.5 Å². The Hall–Kier alpha value is -3.96. The van der Waals surface area contributed by atoms with Gasteiger partial charge in [0.15, 0.2) is 5.69 Å². The van der Waals surface area contributed by atoms with Crippen LogP contribution < -0.4 is 5.32 Å². The van der Waals surface area contributed by atoms with Gasteiger partial charge in [0, 0.05) is 24.3 Å². The largest absolute Gasteiger partial charge is 0.490 e.